The maximum Gasteiger partial charge on any atom is 0.344 e. The molecule has 3 rings (SSSR count). The Labute approximate surface area is 202 Å². The summed E-state index contributed by atoms with van der Waals surface area (Å²) in [4.78, 5) is 50.4. The van der Waals surface area contributed by atoms with E-state index in [1.807, 2.05) is 0 Å². The van der Waals surface area contributed by atoms with E-state index in [-0.39, 0.29) is 25.3 Å². The minimum absolute atomic E-state index is 0.130. The summed E-state index contributed by atoms with van der Waals surface area (Å²) in [6.45, 7) is 7.30. The molecule has 0 atom stereocenters. The molecule has 2 heterocycles. The van der Waals surface area contributed by atoms with Gasteiger partial charge in [0.25, 0.3) is 11.8 Å². The summed E-state index contributed by atoms with van der Waals surface area (Å²) in [5.41, 5.74) is 0.845. The monoisotopic (exact) mass is 482 g/mol. The third-order valence-electron chi connectivity index (χ3n) is 4.85. The third-order valence-corrected chi connectivity index (χ3v) is 4.85. The van der Waals surface area contributed by atoms with Gasteiger partial charge in [0, 0.05) is 5.56 Å². The van der Waals surface area contributed by atoms with Crippen LogP contribution in [0.2, 0.25) is 0 Å². The average molecular weight is 482 g/mol. The number of imide groups is 2. The fourth-order valence-electron chi connectivity index (χ4n) is 3.40. The number of furan rings is 1. The van der Waals surface area contributed by atoms with E-state index in [0.29, 0.717) is 41.4 Å². The zero-order chi connectivity index (χ0) is 25.4. The van der Waals surface area contributed by atoms with Crippen LogP contribution in [0.5, 0.6) is 11.5 Å². The lowest BCUT2D eigenvalue weighted by atomic mass is 10.0. The summed E-state index contributed by atoms with van der Waals surface area (Å²) in [7, 11) is 0. The first-order valence-electron chi connectivity index (χ1n) is 11.0. The highest BCUT2D eigenvalue weighted by Crippen LogP contribution is 2.35. The molecule has 1 aliphatic heterocycles. The van der Waals surface area contributed by atoms with Crippen LogP contribution in [-0.2, 0) is 32.1 Å². The molecule has 1 N–H and O–H groups in total. The number of amides is 4. The predicted molar refractivity (Wildman–Crippen MR) is 124 cm³/mol. The number of rotatable bonds is 11. The molecule has 10 heteroatoms. The van der Waals surface area contributed by atoms with Crippen molar-refractivity contribution in [3.8, 4) is 11.5 Å². The number of benzene rings is 1. The van der Waals surface area contributed by atoms with Gasteiger partial charge in [-0.3, -0.25) is 19.8 Å². The third kappa shape index (κ3) is 6.17. The SMILES string of the molecule is C=CCc1cc(C=C2C(=O)NC(=O)N(Cc3ccco3)C2=O)cc(OCC)c1OCC(=O)OCC. The number of hydrogen-bond acceptors (Lipinski definition) is 8. The van der Waals surface area contributed by atoms with Crippen molar-refractivity contribution < 1.29 is 37.8 Å². The number of nitrogens with zero attached hydrogens (tertiary/aromatic N) is 1. The molecule has 1 fully saturated rings. The van der Waals surface area contributed by atoms with Crippen LogP contribution in [0.1, 0.15) is 30.7 Å². The lowest BCUT2D eigenvalue weighted by molar-refractivity contribution is -0.145. The van der Waals surface area contributed by atoms with Gasteiger partial charge in [0.2, 0.25) is 0 Å². The smallest absolute Gasteiger partial charge is 0.344 e. The van der Waals surface area contributed by atoms with E-state index < -0.39 is 23.8 Å². The quantitative estimate of drug-likeness (QED) is 0.224. The van der Waals surface area contributed by atoms with Crippen molar-refractivity contribution in [2.45, 2.75) is 26.8 Å². The second-order valence-corrected chi connectivity index (χ2v) is 7.31. The number of ether oxygens (including phenoxy) is 3. The lowest BCUT2D eigenvalue weighted by Crippen LogP contribution is -2.53. The van der Waals surface area contributed by atoms with Crippen molar-refractivity contribution in [2.24, 2.45) is 0 Å². The molecular formula is C25H26N2O8. The molecule has 1 aromatic carbocycles. The molecule has 35 heavy (non-hydrogen) atoms. The zero-order valence-electron chi connectivity index (χ0n) is 19.5. The Morgan fingerprint density at radius 3 is 2.63 bits per heavy atom. The molecule has 0 bridgehead atoms. The van der Waals surface area contributed by atoms with E-state index in [0.717, 1.165) is 4.90 Å². The second kappa shape index (κ2) is 11.7. The van der Waals surface area contributed by atoms with Crippen LogP contribution >= 0.6 is 0 Å². The van der Waals surface area contributed by atoms with Gasteiger partial charge in [0.1, 0.15) is 11.3 Å². The Hall–Kier alpha value is -4.34. The van der Waals surface area contributed by atoms with Gasteiger partial charge in [0.05, 0.1) is 26.0 Å². The van der Waals surface area contributed by atoms with E-state index in [1.165, 1.54) is 12.3 Å². The summed E-state index contributed by atoms with van der Waals surface area (Å²) >= 11 is 0. The number of carbonyl (C=O) groups excluding carboxylic acids is 4. The summed E-state index contributed by atoms with van der Waals surface area (Å²) in [6.07, 6.45) is 4.79. The van der Waals surface area contributed by atoms with Crippen LogP contribution in [0.25, 0.3) is 6.08 Å². The lowest BCUT2D eigenvalue weighted by Gasteiger charge is -2.25. The van der Waals surface area contributed by atoms with Gasteiger partial charge in [-0.05, 0) is 56.2 Å². The van der Waals surface area contributed by atoms with Crippen molar-refractivity contribution in [1.29, 1.82) is 0 Å². The Morgan fingerprint density at radius 2 is 1.97 bits per heavy atom. The number of urea groups is 1. The van der Waals surface area contributed by atoms with E-state index in [4.69, 9.17) is 18.6 Å². The van der Waals surface area contributed by atoms with E-state index in [9.17, 15) is 19.2 Å². The Bertz CT molecular complexity index is 1150. The average Bonchev–Trinajstić information content (AvgIpc) is 3.33. The summed E-state index contributed by atoms with van der Waals surface area (Å²) in [6, 6.07) is 5.68. The molecule has 4 amide bonds. The van der Waals surface area contributed by atoms with Gasteiger partial charge in [-0.2, -0.15) is 0 Å². The molecule has 1 aromatic heterocycles. The van der Waals surface area contributed by atoms with E-state index >= 15 is 0 Å². The number of barbiturate groups is 1. The van der Waals surface area contributed by atoms with Crippen LogP contribution in [0, 0.1) is 0 Å². The van der Waals surface area contributed by atoms with Crippen LogP contribution in [0.15, 0.2) is 53.2 Å². The first kappa shape index (κ1) is 25.3. The van der Waals surface area contributed by atoms with Gasteiger partial charge in [0.15, 0.2) is 18.1 Å². The molecule has 10 nitrogen and oxygen atoms in total. The summed E-state index contributed by atoms with van der Waals surface area (Å²) < 4.78 is 21.5. The van der Waals surface area contributed by atoms with E-state index in [1.54, 1.807) is 44.2 Å². The highest BCUT2D eigenvalue weighted by atomic mass is 16.6. The topological polar surface area (TPSA) is 124 Å². The maximum absolute atomic E-state index is 13.0. The zero-order valence-corrected chi connectivity index (χ0v) is 19.5. The van der Waals surface area contributed by atoms with Crippen LogP contribution in [-0.4, -0.2) is 48.5 Å². The molecular weight excluding hydrogens is 456 g/mol. The van der Waals surface area contributed by atoms with Crippen LogP contribution in [0.4, 0.5) is 4.79 Å². The molecule has 1 saturated heterocycles. The largest absolute Gasteiger partial charge is 0.490 e. The first-order valence-corrected chi connectivity index (χ1v) is 11.0. The van der Waals surface area contributed by atoms with E-state index in [2.05, 4.69) is 11.9 Å². The number of esters is 1. The fourth-order valence-corrected chi connectivity index (χ4v) is 3.40. The molecule has 0 radical (unpaired) electrons. The van der Waals surface area contributed by atoms with Crippen LogP contribution < -0.4 is 14.8 Å². The highest BCUT2D eigenvalue weighted by molar-refractivity contribution is 6.30. The summed E-state index contributed by atoms with van der Waals surface area (Å²) in [5, 5.41) is 2.17. The van der Waals surface area contributed by atoms with Gasteiger partial charge in [-0.1, -0.05) is 6.08 Å². The van der Waals surface area contributed by atoms with Gasteiger partial charge in [-0.15, -0.1) is 6.58 Å². The molecule has 1 aliphatic rings. The molecule has 184 valence electrons. The summed E-state index contributed by atoms with van der Waals surface area (Å²) in [5.74, 6) is -1.08. The van der Waals surface area contributed by atoms with Gasteiger partial charge in [-0.25, -0.2) is 9.59 Å². The van der Waals surface area contributed by atoms with Gasteiger partial charge >= 0.3 is 12.0 Å². The first-order chi connectivity index (χ1) is 16.9. The molecule has 2 aromatic rings. The predicted octanol–water partition coefficient (Wildman–Crippen LogP) is 3.01. The number of nitrogens with one attached hydrogen (secondary N) is 1. The Morgan fingerprint density at radius 1 is 1.17 bits per heavy atom. The minimum atomic E-state index is -0.835. The molecule has 0 spiro atoms. The van der Waals surface area contributed by atoms with Crippen molar-refractivity contribution in [3.63, 3.8) is 0 Å². The number of allylic oxidation sites excluding steroid dienone is 1. The van der Waals surface area contributed by atoms with Gasteiger partial charge < -0.3 is 18.6 Å². The van der Waals surface area contributed by atoms with Crippen molar-refractivity contribution in [3.05, 3.63) is 65.6 Å². The standard InChI is InChI=1S/C25H26N2O8/c1-4-8-17-11-16(13-20(32-5-2)22(17)35-15-21(28)33-6-3)12-19-23(29)26-25(31)27(24(19)30)14-18-9-7-10-34-18/h4,7,9-13H,1,5-6,8,14-15H2,2-3H3,(H,26,29,31). The molecule has 0 unspecified atom stereocenters. The molecule has 0 saturated carbocycles. The minimum Gasteiger partial charge on any atom is -0.490 e. The second-order valence-electron chi connectivity index (χ2n) is 7.31. The normalized spacial score (nSPS) is 14.6. The maximum atomic E-state index is 13.0. The number of hydrogen-bond donors (Lipinski definition) is 1. The Balaban J connectivity index is 1.97. The fraction of sp³-hybridized carbons (Fsp3) is 0.280. The number of carbonyl (C=O) groups is 4. The Kier molecular flexibility index (Phi) is 8.44. The molecule has 0 aliphatic carbocycles. The van der Waals surface area contributed by atoms with Crippen molar-refractivity contribution in [2.75, 3.05) is 19.8 Å². The van der Waals surface area contributed by atoms with Crippen molar-refractivity contribution >= 4 is 29.9 Å². The van der Waals surface area contributed by atoms with Crippen molar-refractivity contribution in [1.82, 2.24) is 10.2 Å². The van der Waals surface area contributed by atoms with Crippen LogP contribution in [0.3, 0.4) is 0 Å². The highest BCUT2D eigenvalue weighted by Gasteiger charge is 2.36.